The fourth-order valence-corrected chi connectivity index (χ4v) is 3.85. The van der Waals surface area contributed by atoms with Crippen molar-refractivity contribution in [3.05, 3.63) is 11.6 Å². The average Bonchev–Trinajstić information content (AvgIpc) is 3.10. The van der Waals surface area contributed by atoms with Crippen LogP contribution in [-0.2, 0) is 9.53 Å². The summed E-state index contributed by atoms with van der Waals surface area (Å²) < 4.78 is 5.07. The molecule has 2 saturated carbocycles. The number of carboxylic acids is 1. The predicted molar refractivity (Wildman–Crippen MR) is 97.9 cm³/mol. The van der Waals surface area contributed by atoms with Crippen LogP contribution in [0.1, 0.15) is 39.5 Å². The van der Waals surface area contributed by atoms with E-state index >= 15 is 0 Å². The molecule has 2 aliphatic rings. The van der Waals surface area contributed by atoms with Gasteiger partial charge in [-0.15, -0.1) is 11.8 Å². The van der Waals surface area contributed by atoms with E-state index < -0.39 is 18.2 Å². The summed E-state index contributed by atoms with van der Waals surface area (Å²) in [6.07, 6.45) is 3.87. The highest BCUT2D eigenvalue weighted by Crippen LogP contribution is 2.49. The molecule has 6 atom stereocenters. The highest BCUT2D eigenvalue weighted by molar-refractivity contribution is 5.68. The van der Waals surface area contributed by atoms with Gasteiger partial charge in [-0.25, -0.2) is 4.79 Å². The lowest BCUT2D eigenvalue weighted by molar-refractivity contribution is -0.141. The number of aliphatic hydroxyl groups excluding tert-OH is 2. The summed E-state index contributed by atoms with van der Waals surface area (Å²) in [4.78, 5) is 10.5. The minimum atomic E-state index is -0.970. The second-order valence-corrected chi connectivity index (χ2v) is 7.27. The number of allylic oxidation sites excluding steroid dienone is 1. The van der Waals surface area contributed by atoms with Crippen molar-refractivity contribution >= 4 is 5.97 Å². The molecule has 142 valence electrons. The predicted octanol–water partition coefficient (Wildman–Crippen LogP) is 1.83. The molecule has 6 unspecified atom stereocenters. The summed E-state index contributed by atoms with van der Waals surface area (Å²) in [6, 6.07) is 0. The van der Waals surface area contributed by atoms with Crippen molar-refractivity contribution in [3.63, 3.8) is 0 Å². The first-order chi connectivity index (χ1) is 12.4. The topological polar surface area (TPSA) is 87.0 Å². The van der Waals surface area contributed by atoms with Crippen LogP contribution >= 0.6 is 0 Å². The van der Waals surface area contributed by atoms with E-state index in [-0.39, 0.29) is 18.4 Å². The number of ether oxygens (including phenoxy) is 1. The summed E-state index contributed by atoms with van der Waals surface area (Å²) in [5, 5.41) is 29.1. The molecule has 2 rings (SSSR count). The fraction of sp³-hybridized carbons (Fsp3) is 0.667. The molecular weight excluding hydrogens is 332 g/mol. The van der Waals surface area contributed by atoms with Crippen molar-refractivity contribution < 1.29 is 24.9 Å². The van der Waals surface area contributed by atoms with Crippen molar-refractivity contribution in [3.8, 4) is 23.7 Å². The number of carboxylic acid groups (broad SMARTS) is 1. The average molecular weight is 360 g/mol. The molecule has 0 aromatic heterocycles. The van der Waals surface area contributed by atoms with Crippen LogP contribution in [0, 0.1) is 47.4 Å². The lowest BCUT2D eigenvalue weighted by atomic mass is 9.91. The van der Waals surface area contributed by atoms with E-state index in [2.05, 4.69) is 23.7 Å². The van der Waals surface area contributed by atoms with Crippen molar-refractivity contribution in [1.29, 1.82) is 0 Å². The van der Waals surface area contributed by atoms with Gasteiger partial charge in [0.1, 0.15) is 12.7 Å². The Morgan fingerprint density at radius 1 is 1.42 bits per heavy atom. The van der Waals surface area contributed by atoms with Gasteiger partial charge in [-0.1, -0.05) is 30.4 Å². The van der Waals surface area contributed by atoms with Gasteiger partial charge in [-0.3, -0.25) is 0 Å². The molecule has 2 fully saturated rings. The van der Waals surface area contributed by atoms with Crippen LogP contribution in [0.15, 0.2) is 11.6 Å². The molecule has 0 bridgehead atoms. The van der Waals surface area contributed by atoms with Crippen LogP contribution in [0.4, 0.5) is 0 Å². The van der Waals surface area contributed by atoms with Crippen molar-refractivity contribution in [2.45, 2.75) is 51.7 Å². The number of aliphatic hydroxyl groups is 2. The highest BCUT2D eigenvalue weighted by Gasteiger charge is 2.45. The van der Waals surface area contributed by atoms with Gasteiger partial charge in [-0.2, -0.15) is 0 Å². The van der Waals surface area contributed by atoms with Gasteiger partial charge in [0.15, 0.2) is 0 Å². The number of carbonyl (C=O) groups is 1. The zero-order valence-electron chi connectivity index (χ0n) is 15.4. The zero-order chi connectivity index (χ0) is 19.1. The van der Waals surface area contributed by atoms with Crippen molar-refractivity contribution in [2.24, 2.45) is 23.7 Å². The van der Waals surface area contributed by atoms with Gasteiger partial charge >= 0.3 is 5.97 Å². The van der Waals surface area contributed by atoms with Crippen LogP contribution in [0.25, 0.3) is 0 Å². The maximum atomic E-state index is 10.5. The zero-order valence-corrected chi connectivity index (χ0v) is 15.4. The Labute approximate surface area is 155 Å². The summed E-state index contributed by atoms with van der Waals surface area (Å²) in [7, 11) is 0. The highest BCUT2D eigenvalue weighted by atomic mass is 16.5. The second kappa shape index (κ2) is 9.78. The third-order valence-corrected chi connectivity index (χ3v) is 5.30. The SMILES string of the molecule is CC#CCC(C)C(O)C#CC1C(O)CC2CC(=CCOCC(=O)O)CC21. The maximum absolute atomic E-state index is 10.5. The molecule has 26 heavy (non-hydrogen) atoms. The van der Waals surface area contributed by atoms with E-state index in [4.69, 9.17) is 9.84 Å². The minimum Gasteiger partial charge on any atom is -0.480 e. The smallest absolute Gasteiger partial charge is 0.329 e. The van der Waals surface area contributed by atoms with E-state index in [1.807, 2.05) is 13.0 Å². The summed E-state index contributed by atoms with van der Waals surface area (Å²) in [6.45, 7) is 3.71. The molecule has 2 aliphatic carbocycles. The monoisotopic (exact) mass is 360 g/mol. The van der Waals surface area contributed by atoms with E-state index in [9.17, 15) is 15.0 Å². The maximum Gasteiger partial charge on any atom is 0.329 e. The van der Waals surface area contributed by atoms with Gasteiger partial charge in [0.2, 0.25) is 0 Å². The molecule has 0 saturated heterocycles. The standard InChI is InChI=1S/C21H28O5/c1-3-4-5-14(2)19(22)7-6-17-18-11-15(8-9-26-13-21(24)25)10-16(18)12-20(17)23/h8,14,16-20,22-23H,5,9-13H2,1-2H3,(H,24,25). The largest absolute Gasteiger partial charge is 0.480 e. The first-order valence-electron chi connectivity index (χ1n) is 9.16. The quantitative estimate of drug-likeness (QED) is 0.382. The lowest BCUT2D eigenvalue weighted by Gasteiger charge is -2.16. The van der Waals surface area contributed by atoms with E-state index in [0.29, 0.717) is 24.9 Å². The number of aliphatic carboxylic acids is 1. The fourth-order valence-electron chi connectivity index (χ4n) is 3.85. The van der Waals surface area contributed by atoms with Crippen LogP contribution in [0.5, 0.6) is 0 Å². The van der Waals surface area contributed by atoms with Crippen LogP contribution < -0.4 is 0 Å². The molecule has 0 amide bonds. The van der Waals surface area contributed by atoms with Crippen LogP contribution in [-0.4, -0.2) is 46.7 Å². The first kappa shape index (κ1) is 20.5. The van der Waals surface area contributed by atoms with Crippen LogP contribution in [0.3, 0.4) is 0 Å². The molecule has 0 aromatic carbocycles. The van der Waals surface area contributed by atoms with Gasteiger partial charge in [-0.05, 0) is 38.0 Å². The molecule has 0 radical (unpaired) electrons. The van der Waals surface area contributed by atoms with E-state index in [0.717, 1.165) is 19.3 Å². The molecule has 5 nitrogen and oxygen atoms in total. The van der Waals surface area contributed by atoms with Crippen molar-refractivity contribution in [1.82, 2.24) is 0 Å². The van der Waals surface area contributed by atoms with E-state index in [1.165, 1.54) is 5.57 Å². The third-order valence-electron chi connectivity index (χ3n) is 5.30. The Balaban J connectivity index is 1.92. The Hall–Kier alpha value is -1.79. The normalized spacial score (nSPS) is 30.7. The molecular formula is C21H28O5. The minimum absolute atomic E-state index is 0.0188. The van der Waals surface area contributed by atoms with Crippen LogP contribution in [0.2, 0.25) is 0 Å². The van der Waals surface area contributed by atoms with Crippen molar-refractivity contribution in [2.75, 3.05) is 13.2 Å². The van der Waals surface area contributed by atoms with Gasteiger partial charge < -0.3 is 20.1 Å². The summed E-state index contributed by atoms with van der Waals surface area (Å²) in [5.41, 5.74) is 1.25. The van der Waals surface area contributed by atoms with E-state index in [1.54, 1.807) is 6.92 Å². The Bertz CT molecular complexity index is 645. The summed E-state index contributed by atoms with van der Waals surface area (Å²) in [5.74, 6) is 11.4. The first-order valence-corrected chi connectivity index (χ1v) is 9.16. The summed E-state index contributed by atoms with van der Waals surface area (Å²) >= 11 is 0. The molecule has 3 N–H and O–H groups in total. The molecule has 0 aromatic rings. The number of fused-ring (bicyclic) bond motifs is 1. The van der Waals surface area contributed by atoms with Gasteiger partial charge in [0.05, 0.1) is 12.7 Å². The Morgan fingerprint density at radius 2 is 2.19 bits per heavy atom. The van der Waals surface area contributed by atoms with Gasteiger partial charge in [0.25, 0.3) is 0 Å². The Morgan fingerprint density at radius 3 is 2.88 bits per heavy atom. The molecule has 0 spiro atoms. The number of hydrogen-bond acceptors (Lipinski definition) is 4. The third kappa shape index (κ3) is 5.61. The second-order valence-electron chi connectivity index (χ2n) is 7.27. The molecule has 5 heteroatoms. The lowest BCUT2D eigenvalue weighted by Crippen LogP contribution is -2.19. The number of hydrogen-bond donors (Lipinski definition) is 3. The molecule has 0 aliphatic heterocycles. The Kier molecular flexibility index (Phi) is 7.72. The van der Waals surface area contributed by atoms with Gasteiger partial charge in [0, 0.05) is 18.3 Å². The molecule has 0 heterocycles. The number of rotatable bonds is 6.